The summed E-state index contributed by atoms with van der Waals surface area (Å²) in [5.41, 5.74) is 3.52. The van der Waals surface area contributed by atoms with E-state index in [-0.39, 0.29) is 0 Å². The lowest BCUT2D eigenvalue weighted by molar-refractivity contribution is 0.0749. The normalized spacial score (nSPS) is 28.8. The number of hydrogen-bond donors (Lipinski definition) is 2. The number of piperazine rings is 1. The van der Waals surface area contributed by atoms with Crippen LogP contribution in [0.3, 0.4) is 0 Å². The van der Waals surface area contributed by atoms with Crippen LogP contribution in [0.15, 0.2) is 0 Å². The minimum atomic E-state index is 0.688. The summed E-state index contributed by atoms with van der Waals surface area (Å²) in [6, 6.07) is 0.688. The molecule has 0 aliphatic carbocycles. The molecular weight excluding hydrogens is 152 g/mol. The van der Waals surface area contributed by atoms with Crippen molar-refractivity contribution in [2.24, 2.45) is 0 Å². The minimum absolute atomic E-state index is 0.688. The Balaban J connectivity index is 1.67. The van der Waals surface area contributed by atoms with Crippen molar-refractivity contribution in [3.8, 4) is 0 Å². The number of hydrazine groups is 1. The van der Waals surface area contributed by atoms with E-state index in [0.717, 1.165) is 26.2 Å². The molecular formula is C8H18N4. The zero-order valence-electron chi connectivity index (χ0n) is 7.71. The summed E-state index contributed by atoms with van der Waals surface area (Å²) in [6.07, 6.45) is 0. The van der Waals surface area contributed by atoms with Crippen LogP contribution in [-0.2, 0) is 0 Å². The second-order valence-electron chi connectivity index (χ2n) is 3.77. The number of likely N-dealkylation sites (N-methyl/N-ethyl adjacent to an activating group) is 1. The first kappa shape index (κ1) is 8.44. The van der Waals surface area contributed by atoms with Gasteiger partial charge >= 0.3 is 0 Å². The summed E-state index contributed by atoms with van der Waals surface area (Å²) in [7, 11) is 2.18. The fourth-order valence-corrected chi connectivity index (χ4v) is 1.57. The lowest BCUT2D eigenvalue weighted by Crippen LogP contribution is -2.63. The largest absolute Gasteiger partial charge is 0.313 e. The van der Waals surface area contributed by atoms with Crippen molar-refractivity contribution in [1.82, 2.24) is 20.7 Å². The van der Waals surface area contributed by atoms with Crippen LogP contribution in [0.25, 0.3) is 0 Å². The highest BCUT2D eigenvalue weighted by atomic mass is 15.5. The van der Waals surface area contributed by atoms with E-state index < -0.39 is 0 Å². The first-order valence-electron chi connectivity index (χ1n) is 4.75. The van der Waals surface area contributed by atoms with Crippen molar-refractivity contribution < 1.29 is 0 Å². The molecule has 0 aromatic heterocycles. The number of hydrogen-bond acceptors (Lipinski definition) is 4. The van der Waals surface area contributed by atoms with Gasteiger partial charge in [-0.15, -0.1) is 0 Å². The molecule has 2 fully saturated rings. The third-order valence-corrected chi connectivity index (χ3v) is 2.65. The van der Waals surface area contributed by atoms with Crippen molar-refractivity contribution in [3.63, 3.8) is 0 Å². The molecule has 4 heteroatoms. The molecule has 0 unspecified atom stereocenters. The first-order valence-corrected chi connectivity index (χ1v) is 4.75. The number of nitrogens with zero attached hydrogens (tertiary/aromatic N) is 2. The van der Waals surface area contributed by atoms with Gasteiger partial charge in [-0.25, -0.2) is 10.4 Å². The van der Waals surface area contributed by atoms with E-state index in [2.05, 4.69) is 27.7 Å². The highest BCUT2D eigenvalue weighted by Crippen LogP contribution is 1.98. The van der Waals surface area contributed by atoms with Crippen LogP contribution in [0.1, 0.15) is 0 Å². The van der Waals surface area contributed by atoms with Crippen LogP contribution in [-0.4, -0.2) is 62.3 Å². The summed E-state index contributed by atoms with van der Waals surface area (Å²) >= 11 is 0. The molecule has 2 rings (SSSR count). The quantitative estimate of drug-likeness (QED) is 0.540. The van der Waals surface area contributed by atoms with E-state index in [9.17, 15) is 0 Å². The Hall–Kier alpha value is -0.160. The van der Waals surface area contributed by atoms with Gasteiger partial charge in [-0.1, -0.05) is 0 Å². The number of nitrogens with one attached hydrogen (secondary N) is 2. The third kappa shape index (κ3) is 1.95. The van der Waals surface area contributed by atoms with Gasteiger partial charge in [-0.05, 0) is 7.05 Å². The summed E-state index contributed by atoms with van der Waals surface area (Å²) in [4.78, 5) is 2.37. The fourth-order valence-electron chi connectivity index (χ4n) is 1.57. The van der Waals surface area contributed by atoms with E-state index in [1.54, 1.807) is 0 Å². The van der Waals surface area contributed by atoms with Crippen molar-refractivity contribution in [2.75, 3.05) is 46.3 Å². The Morgan fingerprint density at radius 2 is 1.83 bits per heavy atom. The van der Waals surface area contributed by atoms with Crippen molar-refractivity contribution >= 4 is 0 Å². The molecule has 0 atom stereocenters. The second kappa shape index (κ2) is 3.70. The average molecular weight is 170 g/mol. The molecule has 2 saturated heterocycles. The van der Waals surface area contributed by atoms with Gasteiger partial charge in [0.05, 0.1) is 0 Å². The second-order valence-corrected chi connectivity index (χ2v) is 3.77. The molecule has 2 aliphatic heterocycles. The zero-order valence-corrected chi connectivity index (χ0v) is 7.71. The van der Waals surface area contributed by atoms with Gasteiger partial charge in [0.15, 0.2) is 0 Å². The number of rotatable bonds is 2. The van der Waals surface area contributed by atoms with Crippen LogP contribution in [0.2, 0.25) is 0 Å². The summed E-state index contributed by atoms with van der Waals surface area (Å²) in [5, 5.41) is 5.61. The predicted molar refractivity (Wildman–Crippen MR) is 48.9 cm³/mol. The van der Waals surface area contributed by atoms with Crippen LogP contribution in [0, 0.1) is 0 Å². The van der Waals surface area contributed by atoms with E-state index in [0.29, 0.717) is 6.04 Å². The van der Waals surface area contributed by atoms with Gasteiger partial charge in [0.2, 0.25) is 0 Å². The molecule has 0 bridgehead atoms. The standard InChI is InChI=1S/C8H18N4/c1-11-2-4-12(5-3-11)10-8-6-9-7-8/h8-10H,2-7H2,1H3. The highest BCUT2D eigenvalue weighted by molar-refractivity contribution is 4.81. The van der Waals surface area contributed by atoms with E-state index in [1.807, 2.05) is 0 Å². The molecule has 70 valence electrons. The lowest BCUT2D eigenvalue weighted by Gasteiger charge is -2.38. The monoisotopic (exact) mass is 170 g/mol. The smallest absolute Gasteiger partial charge is 0.0464 e. The van der Waals surface area contributed by atoms with Gasteiger partial charge < -0.3 is 10.2 Å². The molecule has 0 spiro atoms. The van der Waals surface area contributed by atoms with E-state index in [1.165, 1.54) is 13.1 Å². The molecule has 0 saturated carbocycles. The lowest BCUT2D eigenvalue weighted by atomic mass is 10.2. The van der Waals surface area contributed by atoms with Crippen LogP contribution >= 0.6 is 0 Å². The van der Waals surface area contributed by atoms with Crippen LogP contribution in [0.4, 0.5) is 0 Å². The van der Waals surface area contributed by atoms with Crippen molar-refractivity contribution in [1.29, 1.82) is 0 Å². The maximum absolute atomic E-state index is 3.52. The Morgan fingerprint density at radius 1 is 1.17 bits per heavy atom. The molecule has 0 radical (unpaired) electrons. The molecule has 0 amide bonds. The maximum atomic E-state index is 3.52. The van der Waals surface area contributed by atoms with Gasteiger partial charge in [-0.2, -0.15) is 0 Å². The van der Waals surface area contributed by atoms with E-state index in [4.69, 9.17) is 0 Å². The average Bonchev–Trinajstić information content (AvgIpc) is 2.00. The molecule has 2 heterocycles. The highest BCUT2D eigenvalue weighted by Gasteiger charge is 2.21. The van der Waals surface area contributed by atoms with E-state index >= 15 is 0 Å². The van der Waals surface area contributed by atoms with Gasteiger partial charge in [0, 0.05) is 45.3 Å². The molecule has 2 N–H and O–H groups in total. The van der Waals surface area contributed by atoms with Gasteiger partial charge in [0.1, 0.15) is 0 Å². The van der Waals surface area contributed by atoms with Gasteiger partial charge in [0.25, 0.3) is 0 Å². The fraction of sp³-hybridized carbons (Fsp3) is 1.00. The summed E-state index contributed by atoms with van der Waals surface area (Å²) < 4.78 is 0. The Kier molecular flexibility index (Phi) is 2.60. The minimum Gasteiger partial charge on any atom is -0.313 e. The molecule has 0 aromatic carbocycles. The SMILES string of the molecule is CN1CCN(NC2CNC2)CC1. The van der Waals surface area contributed by atoms with Gasteiger partial charge in [-0.3, -0.25) is 0 Å². The zero-order chi connectivity index (χ0) is 8.39. The Bertz CT molecular complexity index is 138. The van der Waals surface area contributed by atoms with Crippen LogP contribution in [0.5, 0.6) is 0 Å². The third-order valence-electron chi connectivity index (χ3n) is 2.65. The Labute approximate surface area is 73.9 Å². The maximum Gasteiger partial charge on any atom is 0.0464 e. The summed E-state index contributed by atoms with van der Waals surface area (Å²) in [5.74, 6) is 0. The van der Waals surface area contributed by atoms with Crippen LogP contribution < -0.4 is 10.7 Å². The molecule has 4 nitrogen and oxygen atoms in total. The topological polar surface area (TPSA) is 30.5 Å². The molecule has 12 heavy (non-hydrogen) atoms. The molecule has 0 aromatic rings. The first-order chi connectivity index (χ1) is 5.84. The van der Waals surface area contributed by atoms with Crippen molar-refractivity contribution in [3.05, 3.63) is 0 Å². The predicted octanol–water partition coefficient (Wildman–Crippen LogP) is -1.29. The Morgan fingerprint density at radius 3 is 2.33 bits per heavy atom. The molecule has 2 aliphatic rings. The van der Waals surface area contributed by atoms with Crippen molar-refractivity contribution in [2.45, 2.75) is 6.04 Å². The summed E-state index contributed by atoms with van der Waals surface area (Å²) in [6.45, 7) is 6.96.